The molecule has 6 heteroatoms. The van der Waals surface area contributed by atoms with Gasteiger partial charge < -0.3 is 10.2 Å². The summed E-state index contributed by atoms with van der Waals surface area (Å²) in [4.78, 5) is 25.9. The first kappa shape index (κ1) is 17.4. The molecule has 25 heavy (non-hydrogen) atoms. The summed E-state index contributed by atoms with van der Waals surface area (Å²) in [5, 5.41) is 2.64. The molecular formula is C19H16BrFN2O2. The van der Waals surface area contributed by atoms with Crippen LogP contribution in [-0.2, 0) is 17.8 Å². The Labute approximate surface area is 153 Å². The van der Waals surface area contributed by atoms with E-state index in [4.69, 9.17) is 0 Å². The summed E-state index contributed by atoms with van der Waals surface area (Å²) >= 11 is 3.43. The predicted molar refractivity (Wildman–Crippen MR) is 97.8 cm³/mol. The predicted octanol–water partition coefficient (Wildman–Crippen LogP) is 3.91. The third-order valence-electron chi connectivity index (χ3n) is 4.15. The van der Waals surface area contributed by atoms with Gasteiger partial charge in [0.2, 0.25) is 5.91 Å². The van der Waals surface area contributed by atoms with Gasteiger partial charge in [0.25, 0.3) is 5.91 Å². The molecule has 0 aliphatic carbocycles. The molecule has 1 aliphatic rings. The molecule has 3 rings (SSSR count). The quantitative estimate of drug-likeness (QED) is 0.791. The largest absolute Gasteiger partial charge is 0.334 e. The minimum absolute atomic E-state index is 0.156. The number of rotatable bonds is 3. The van der Waals surface area contributed by atoms with Gasteiger partial charge in [0.15, 0.2) is 0 Å². The fraction of sp³-hybridized carbons (Fsp3) is 0.158. The molecule has 0 spiro atoms. The van der Waals surface area contributed by atoms with E-state index in [1.54, 1.807) is 35.2 Å². The summed E-state index contributed by atoms with van der Waals surface area (Å²) in [5.41, 5.74) is 2.46. The SMILES string of the molecule is C=CC(=O)Nc1cccc(C(=O)N2CCc3c(F)ccc(Br)c3C2)c1. The molecule has 0 bridgehead atoms. The number of amides is 2. The first-order chi connectivity index (χ1) is 12.0. The number of halogens is 2. The van der Waals surface area contributed by atoms with Crippen molar-refractivity contribution in [1.82, 2.24) is 4.90 Å². The third-order valence-corrected chi connectivity index (χ3v) is 4.89. The Morgan fingerprint density at radius 2 is 2.04 bits per heavy atom. The highest BCUT2D eigenvalue weighted by Gasteiger charge is 2.25. The number of hydrogen-bond donors (Lipinski definition) is 1. The fourth-order valence-electron chi connectivity index (χ4n) is 2.87. The molecule has 1 heterocycles. The Morgan fingerprint density at radius 3 is 2.80 bits per heavy atom. The van der Waals surface area contributed by atoms with E-state index < -0.39 is 0 Å². The van der Waals surface area contributed by atoms with Crippen molar-refractivity contribution in [3.63, 3.8) is 0 Å². The van der Waals surface area contributed by atoms with Crippen molar-refractivity contribution in [2.45, 2.75) is 13.0 Å². The van der Waals surface area contributed by atoms with Crippen molar-refractivity contribution < 1.29 is 14.0 Å². The molecule has 2 aromatic rings. The van der Waals surface area contributed by atoms with Crippen LogP contribution < -0.4 is 5.32 Å². The molecule has 2 amide bonds. The molecule has 0 radical (unpaired) electrons. The maximum absolute atomic E-state index is 13.9. The van der Waals surface area contributed by atoms with Gasteiger partial charge in [-0.15, -0.1) is 0 Å². The minimum Gasteiger partial charge on any atom is -0.334 e. The second-order valence-corrected chi connectivity index (χ2v) is 6.59. The minimum atomic E-state index is -0.337. The van der Waals surface area contributed by atoms with Gasteiger partial charge in [0.05, 0.1) is 0 Å². The van der Waals surface area contributed by atoms with E-state index in [0.29, 0.717) is 36.3 Å². The Morgan fingerprint density at radius 1 is 1.24 bits per heavy atom. The Balaban J connectivity index is 1.82. The summed E-state index contributed by atoms with van der Waals surface area (Å²) in [7, 11) is 0. The standard InChI is InChI=1S/C19H16BrFN2O2/c1-2-18(24)22-13-5-3-4-12(10-13)19(25)23-9-8-14-15(11-23)16(20)6-7-17(14)21/h2-7,10H,1,8-9,11H2,(H,22,24). The second-order valence-electron chi connectivity index (χ2n) is 5.74. The molecule has 1 N–H and O–H groups in total. The van der Waals surface area contributed by atoms with Crippen molar-refractivity contribution in [1.29, 1.82) is 0 Å². The maximum Gasteiger partial charge on any atom is 0.254 e. The molecular weight excluding hydrogens is 387 g/mol. The number of carbonyl (C=O) groups excluding carboxylic acids is 2. The smallest absolute Gasteiger partial charge is 0.254 e. The van der Waals surface area contributed by atoms with Gasteiger partial charge in [-0.25, -0.2) is 4.39 Å². The van der Waals surface area contributed by atoms with E-state index in [2.05, 4.69) is 27.8 Å². The van der Waals surface area contributed by atoms with Gasteiger partial charge in [0.1, 0.15) is 5.82 Å². The number of nitrogens with one attached hydrogen (secondary N) is 1. The third kappa shape index (κ3) is 3.64. The van der Waals surface area contributed by atoms with Crippen molar-refractivity contribution in [2.24, 2.45) is 0 Å². The first-order valence-corrected chi connectivity index (χ1v) is 8.57. The van der Waals surface area contributed by atoms with E-state index in [1.165, 1.54) is 12.1 Å². The molecule has 0 aromatic heterocycles. The van der Waals surface area contributed by atoms with E-state index in [1.807, 2.05) is 0 Å². The van der Waals surface area contributed by atoms with Crippen LogP contribution in [0.3, 0.4) is 0 Å². The topological polar surface area (TPSA) is 49.4 Å². The number of carbonyl (C=O) groups is 2. The van der Waals surface area contributed by atoms with E-state index in [-0.39, 0.29) is 17.6 Å². The van der Waals surface area contributed by atoms with Gasteiger partial charge in [-0.2, -0.15) is 0 Å². The fourth-order valence-corrected chi connectivity index (χ4v) is 3.37. The van der Waals surface area contributed by atoms with Gasteiger partial charge in [-0.1, -0.05) is 28.6 Å². The summed E-state index contributed by atoms with van der Waals surface area (Å²) < 4.78 is 14.7. The summed E-state index contributed by atoms with van der Waals surface area (Å²) in [6.07, 6.45) is 1.64. The van der Waals surface area contributed by atoms with Crippen LogP contribution in [-0.4, -0.2) is 23.3 Å². The zero-order chi connectivity index (χ0) is 18.0. The zero-order valence-electron chi connectivity index (χ0n) is 13.4. The molecule has 0 saturated carbocycles. The number of benzene rings is 2. The number of hydrogen-bond acceptors (Lipinski definition) is 2. The average Bonchev–Trinajstić information content (AvgIpc) is 2.64. The van der Waals surface area contributed by atoms with Crippen molar-refractivity contribution in [3.8, 4) is 0 Å². The number of anilines is 1. The monoisotopic (exact) mass is 402 g/mol. The lowest BCUT2D eigenvalue weighted by Crippen LogP contribution is -2.36. The van der Waals surface area contributed by atoms with Crippen LogP contribution in [0, 0.1) is 5.82 Å². The van der Waals surface area contributed by atoms with E-state index in [9.17, 15) is 14.0 Å². The van der Waals surface area contributed by atoms with Crippen LogP contribution in [0.4, 0.5) is 10.1 Å². The van der Waals surface area contributed by atoms with Crippen molar-refractivity contribution in [3.05, 3.63) is 76.0 Å². The lowest BCUT2D eigenvalue weighted by molar-refractivity contribution is -0.111. The molecule has 0 saturated heterocycles. The Bertz CT molecular complexity index is 866. The van der Waals surface area contributed by atoms with Crippen LogP contribution in [0.15, 0.2) is 53.5 Å². The zero-order valence-corrected chi connectivity index (χ0v) is 15.0. The molecule has 4 nitrogen and oxygen atoms in total. The molecule has 0 atom stereocenters. The summed E-state index contributed by atoms with van der Waals surface area (Å²) in [6.45, 7) is 4.19. The van der Waals surface area contributed by atoms with Gasteiger partial charge in [-0.3, -0.25) is 9.59 Å². The summed E-state index contributed by atoms with van der Waals surface area (Å²) in [6, 6.07) is 9.83. The normalized spacial score (nSPS) is 13.1. The molecule has 0 unspecified atom stereocenters. The highest BCUT2D eigenvalue weighted by molar-refractivity contribution is 9.10. The number of fused-ring (bicyclic) bond motifs is 1. The van der Waals surface area contributed by atoms with Gasteiger partial charge >= 0.3 is 0 Å². The van der Waals surface area contributed by atoms with Crippen LogP contribution in [0.5, 0.6) is 0 Å². The highest BCUT2D eigenvalue weighted by Crippen LogP contribution is 2.29. The lowest BCUT2D eigenvalue weighted by atomic mass is 9.98. The molecule has 128 valence electrons. The maximum atomic E-state index is 13.9. The number of nitrogens with zero attached hydrogens (tertiary/aromatic N) is 1. The molecule has 2 aromatic carbocycles. The van der Waals surface area contributed by atoms with E-state index >= 15 is 0 Å². The Hall–Kier alpha value is -2.47. The van der Waals surface area contributed by atoms with Gasteiger partial charge in [-0.05, 0) is 54.0 Å². The first-order valence-electron chi connectivity index (χ1n) is 7.78. The van der Waals surface area contributed by atoms with E-state index in [0.717, 1.165) is 10.0 Å². The van der Waals surface area contributed by atoms with Crippen LogP contribution in [0.1, 0.15) is 21.5 Å². The Kier molecular flexibility index (Phi) is 4.99. The van der Waals surface area contributed by atoms with Crippen LogP contribution >= 0.6 is 15.9 Å². The van der Waals surface area contributed by atoms with Crippen molar-refractivity contribution in [2.75, 3.05) is 11.9 Å². The molecule has 1 aliphatic heterocycles. The van der Waals surface area contributed by atoms with Crippen LogP contribution in [0.25, 0.3) is 0 Å². The second kappa shape index (κ2) is 7.19. The van der Waals surface area contributed by atoms with Crippen molar-refractivity contribution >= 4 is 33.4 Å². The highest BCUT2D eigenvalue weighted by atomic mass is 79.9. The van der Waals surface area contributed by atoms with Gasteiger partial charge in [0, 0.05) is 28.8 Å². The summed E-state index contributed by atoms with van der Waals surface area (Å²) in [5.74, 6) is -0.730. The molecule has 0 fully saturated rings. The average molecular weight is 403 g/mol. The van der Waals surface area contributed by atoms with Crippen LogP contribution in [0.2, 0.25) is 0 Å². The lowest BCUT2D eigenvalue weighted by Gasteiger charge is -2.30.